The Labute approximate surface area is 159 Å². The van der Waals surface area contributed by atoms with Gasteiger partial charge < -0.3 is 10.6 Å². The summed E-state index contributed by atoms with van der Waals surface area (Å²) in [7, 11) is 0. The Morgan fingerprint density at radius 1 is 0.963 bits per heavy atom. The number of nitrogens with zero attached hydrogens (tertiary/aromatic N) is 2. The van der Waals surface area contributed by atoms with Crippen molar-refractivity contribution in [2.24, 2.45) is 0 Å². The first-order valence-corrected chi connectivity index (χ1v) is 9.12. The van der Waals surface area contributed by atoms with Crippen LogP contribution in [0.5, 0.6) is 0 Å². The second-order valence-corrected chi connectivity index (χ2v) is 6.55. The fraction of sp³-hybridized carbons (Fsp3) is 0.227. The average molecular weight is 360 g/mol. The Hall–Kier alpha value is -3.21. The fourth-order valence-corrected chi connectivity index (χ4v) is 2.73. The molecule has 0 spiro atoms. The van der Waals surface area contributed by atoms with Crippen LogP contribution >= 0.6 is 0 Å². The number of hydrogen-bond donors (Lipinski definition) is 2. The molecule has 3 aromatic rings. The topological polar surface area (TPSA) is 66.9 Å². The van der Waals surface area contributed by atoms with Gasteiger partial charge in [-0.2, -0.15) is 0 Å². The Morgan fingerprint density at radius 2 is 1.70 bits per heavy atom. The molecule has 0 atom stereocenters. The smallest absolute Gasteiger partial charge is 0.274 e. The first-order chi connectivity index (χ1) is 13.1. The summed E-state index contributed by atoms with van der Waals surface area (Å²) in [5, 5.41) is 6.09. The van der Waals surface area contributed by atoms with Crippen molar-refractivity contribution in [2.75, 3.05) is 17.2 Å². The van der Waals surface area contributed by atoms with Crippen molar-refractivity contribution in [3.63, 3.8) is 0 Å². The summed E-state index contributed by atoms with van der Waals surface area (Å²) in [6.45, 7) is 4.62. The monoisotopic (exact) mass is 360 g/mol. The Bertz CT molecular complexity index is 892. The van der Waals surface area contributed by atoms with Gasteiger partial charge in [0.1, 0.15) is 5.69 Å². The summed E-state index contributed by atoms with van der Waals surface area (Å²) < 4.78 is 0. The van der Waals surface area contributed by atoms with Crippen LogP contribution in [-0.4, -0.2) is 22.4 Å². The third-order valence-corrected chi connectivity index (χ3v) is 4.16. The lowest BCUT2D eigenvalue weighted by molar-refractivity contribution is 0.102. The summed E-state index contributed by atoms with van der Waals surface area (Å²) in [5.41, 5.74) is 4.31. The number of amides is 1. The van der Waals surface area contributed by atoms with Gasteiger partial charge in [0.05, 0.1) is 0 Å². The normalized spacial score (nSPS) is 10.4. The molecular formula is C22H24N4O. The summed E-state index contributed by atoms with van der Waals surface area (Å²) in [4.78, 5) is 21.2. The Kier molecular flexibility index (Phi) is 6.15. The van der Waals surface area contributed by atoms with Crippen LogP contribution in [0.25, 0.3) is 0 Å². The van der Waals surface area contributed by atoms with Crippen LogP contribution in [0.1, 0.15) is 33.7 Å². The number of hydrogen-bond acceptors (Lipinski definition) is 4. The van der Waals surface area contributed by atoms with Gasteiger partial charge in [-0.3, -0.25) is 4.79 Å². The second kappa shape index (κ2) is 8.94. The largest absolute Gasteiger partial charge is 0.354 e. The van der Waals surface area contributed by atoms with Gasteiger partial charge in [0.25, 0.3) is 5.91 Å². The highest BCUT2D eigenvalue weighted by Crippen LogP contribution is 2.12. The minimum atomic E-state index is -0.239. The van der Waals surface area contributed by atoms with Gasteiger partial charge >= 0.3 is 0 Å². The Morgan fingerprint density at radius 3 is 2.44 bits per heavy atom. The van der Waals surface area contributed by atoms with E-state index in [2.05, 4.69) is 32.7 Å². The van der Waals surface area contributed by atoms with Crippen molar-refractivity contribution in [2.45, 2.75) is 26.7 Å². The molecule has 1 heterocycles. The van der Waals surface area contributed by atoms with Gasteiger partial charge in [0.15, 0.2) is 0 Å². The molecule has 0 aliphatic carbocycles. The molecule has 1 amide bonds. The SMILES string of the molecule is Cc1ccc(NC(=O)c2cc(C)nc(NCCCc3ccccc3)n2)cc1. The van der Waals surface area contributed by atoms with Gasteiger partial charge in [0.2, 0.25) is 5.95 Å². The molecular weight excluding hydrogens is 336 g/mol. The van der Waals surface area contributed by atoms with E-state index in [0.29, 0.717) is 11.6 Å². The van der Waals surface area contributed by atoms with E-state index in [9.17, 15) is 4.79 Å². The number of carbonyl (C=O) groups excluding carboxylic acids is 1. The van der Waals surface area contributed by atoms with Gasteiger partial charge in [-0.1, -0.05) is 48.0 Å². The zero-order valence-corrected chi connectivity index (χ0v) is 15.7. The molecule has 138 valence electrons. The van der Waals surface area contributed by atoms with E-state index < -0.39 is 0 Å². The maximum atomic E-state index is 12.5. The van der Waals surface area contributed by atoms with Gasteiger partial charge in [-0.25, -0.2) is 9.97 Å². The van der Waals surface area contributed by atoms with Crippen molar-refractivity contribution >= 4 is 17.5 Å². The Balaban J connectivity index is 1.58. The fourth-order valence-electron chi connectivity index (χ4n) is 2.73. The van der Waals surface area contributed by atoms with E-state index in [1.54, 1.807) is 6.07 Å². The zero-order chi connectivity index (χ0) is 19.1. The second-order valence-electron chi connectivity index (χ2n) is 6.55. The predicted molar refractivity (Wildman–Crippen MR) is 109 cm³/mol. The molecule has 2 N–H and O–H groups in total. The molecule has 3 rings (SSSR count). The highest BCUT2D eigenvalue weighted by atomic mass is 16.1. The maximum Gasteiger partial charge on any atom is 0.274 e. The van der Waals surface area contributed by atoms with Crippen molar-refractivity contribution in [1.82, 2.24) is 9.97 Å². The average Bonchev–Trinajstić information content (AvgIpc) is 2.67. The first-order valence-electron chi connectivity index (χ1n) is 9.12. The molecule has 0 aliphatic heterocycles. The van der Waals surface area contributed by atoms with Gasteiger partial charge in [0, 0.05) is 17.9 Å². The van der Waals surface area contributed by atoms with Crippen molar-refractivity contribution in [3.05, 3.63) is 83.2 Å². The van der Waals surface area contributed by atoms with Crippen LogP contribution in [0.2, 0.25) is 0 Å². The summed E-state index contributed by atoms with van der Waals surface area (Å²) in [6.07, 6.45) is 1.95. The lowest BCUT2D eigenvalue weighted by Gasteiger charge is -2.09. The molecule has 2 aromatic carbocycles. The van der Waals surface area contributed by atoms with E-state index in [1.165, 1.54) is 5.56 Å². The lowest BCUT2D eigenvalue weighted by atomic mass is 10.1. The molecule has 0 fully saturated rings. The van der Waals surface area contributed by atoms with E-state index >= 15 is 0 Å². The predicted octanol–water partition coefficient (Wildman–Crippen LogP) is 4.39. The number of benzene rings is 2. The number of nitrogens with one attached hydrogen (secondary N) is 2. The number of aryl methyl sites for hydroxylation is 3. The minimum Gasteiger partial charge on any atom is -0.354 e. The summed E-state index contributed by atoms with van der Waals surface area (Å²) in [6, 6.07) is 19.7. The molecule has 5 heteroatoms. The van der Waals surface area contributed by atoms with Crippen molar-refractivity contribution in [3.8, 4) is 0 Å². The van der Waals surface area contributed by atoms with E-state index in [-0.39, 0.29) is 5.91 Å². The lowest BCUT2D eigenvalue weighted by Crippen LogP contribution is -2.16. The van der Waals surface area contributed by atoms with Gasteiger partial charge in [-0.15, -0.1) is 0 Å². The molecule has 0 saturated heterocycles. The van der Waals surface area contributed by atoms with Gasteiger partial charge in [-0.05, 0) is 50.5 Å². The molecule has 5 nitrogen and oxygen atoms in total. The zero-order valence-electron chi connectivity index (χ0n) is 15.7. The molecule has 0 saturated carbocycles. The van der Waals surface area contributed by atoms with Crippen LogP contribution in [0.4, 0.5) is 11.6 Å². The number of aromatic nitrogens is 2. The molecule has 0 bridgehead atoms. The van der Waals surface area contributed by atoms with E-state index in [0.717, 1.165) is 36.3 Å². The summed E-state index contributed by atoms with van der Waals surface area (Å²) in [5.74, 6) is 0.244. The number of rotatable bonds is 7. The first kappa shape index (κ1) is 18.6. The third-order valence-electron chi connectivity index (χ3n) is 4.16. The molecule has 27 heavy (non-hydrogen) atoms. The third kappa shape index (κ3) is 5.64. The van der Waals surface area contributed by atoms with E-state index in [1.807, 2.05) is 56.3 Å². The van der Waals surface area contributed by atoms with Crippen molar-refractivity contribution in [1.29, 1.82) is 0 Å². The molecule has 0 aliphatic rings. The highest BCUT2D eigenvalue weighted by Gasteiger charge is 2.11. The number of carbonyl (C=O) groups is 1. The highest BCUT2D eigenvalue weighted by molar-refractivity contribution is 6.03. The summed E-state index contributed by atoms with van der Waals surface area (Å²) >= 11 is 0. The van der Waals surface area contributed by atoms with Crippen LogP contribution < -0.4 is 10.6 Å². The van der Waals surface area contributed by atoms with Crippen LogP contribution in [0, 0.1) is 13.8 Å². The molecule has 0 unspecified atom stereocenters. The van der Waals surface area contributed by atoms with E-state index in [4.69, 9.17) is 0 Å². The standard InChI is InChI=1S/C22H24N4O/c1-16-10-12-19(13-11-16)25-21(27)20-15-17(2)24-22(26-20)23-14-6-9-18-7-4-3-5-8-18/h3-5,7-8,10-13,15H,6,9,14H2,1-2H3,(H,25,27)(H,23,24,26). The molecule has 1 aromatic heterocycles. The maximum absolute atomic E-state index is 12.5. The van der Waals surface area contributed by atoms with Crippen LogP contribution in [-0.2, 0) is 6.42 Å². The molecule has 0 radical (unpaired) electrons. The van der Waals surface area contributed by atoms with Crippen molar-refractivity contribution < 1.29 is 4.79 Å². The van der Waals surface area contributed by atoms with Crippen LogP contribution in [0.3, 0.4) is 0 Å². The van der Waals surface area contributed by atoms with Crippen LogP contribution in [0.15, 0.2) is 60.7 Å². The minimum absolute atomic E-state index is 0.239. The number of anilines is 2. The quantitative estimate of drug-likeness (QED) is 0.613.